The van der Waals surface area contributed by atoms with E-state index in [0.29, 0.717) is 12.1 Å². The van der Waals surface area contributed by atoms with Gasteiger partial charge in [-0.15, -0.1) is 6.08 Å². The molecule has 1 rings (SSSR count). The SMILES string of the molecule is CNC1=[C+]C(=NC(C)C)C(O)=[C-]C1. The molecular weight excluding hydrogens is 164 g/mol. The fourth-order valence-corrected chi connectivity index (χ4v) is 1.00. The molecule has 0 aromatic carbocycles. The Labute approximate surface area is 78.9 Å². The Balaban J connectivity index is 2.87. The van der Waals surface area contributed by atoms with Gasteiger partial charge in [0, 0.05) is 19.2 Å². The monoisotopic (exact) mass is 178 g/mol. The van der Waals surface area contributed by atoms with Crippen molar-refractivity contribution in [3.63, 3.8) is 0 Å². The first-order valence-electron chi connectivity index (χ1n) is 4.32. The topological polar surface area (TPSA) is 44.6 Å². The van der Waals surface area contributed by atoms with Crippen LogP contribution in [0.25, 0.3) is 0 Å². The average Bonchev–Trinajstić information content (AvgIpc) is 2.08. The molecule has 0 aliphatic heterocycles. The lowest BCUT2D eigenvalue weighted by atomic mass is 10.1. The maximum atomic E-state index is 9.40. The van der Waals surface area contributed by atoms with Crippen LogP contribution in [-0.2, 0) is 0 Å². The number of nitrogens with zero attached hydrogens (tertiary/aromatic N) is 1. The lowest BCUT2D eigenvalue weighted by Gasteiger charge is -2.10. The second-order valence-corrected chi connectivity index (χ2v) is 3.13. The highest BCUT2D eigenvalue weighted by Gasteiger charge is 2.12. The third-order valence-corrected chi connectivity index (χ3v) is 1.62. The summed E-state index contributed by atoms with van der Waals surface area (Å²) in [6.45, 7) is 3.91. The largest absolute Gasteiger partial charge is 0.458 e. The van der Waals surface area contributed by atoms with Crippen LogP contribution in [0.2, 0.25) is 0 Å². The summed E-state index contributed by atoms with van der Waals surface area (Å²) in [5.74, 6) is 0.104. The molecule has 3 heteroatoms. The molecular formula is C10H14N2O. The van der Waals surface area contributed by atoms with Crippen molar-refractivity contribution in [3.8, 4) is 0 Å². The van der Waals surface area contributed by atoms with Crippen molar-refractivity contribution in [2.24, 2.45) is 4.99 Å². The van der Waals surface area contributed by atoms with Crippen LogP contribution in [-0.4, -0.2) is 23.9 Å². The van der Waals surface area contributed by atoms with Gasteiger partial charge in [-0.25, -0.2) is 0 Å². The molecule has 0 aromatic heterocycles. The predicted octanol–water partition coefficient (Wildman–Crippen LogP) is 1.39. The summed E-state index contributed by atoms with van der Waals surface area (Å²) in [5.41, 5.74) is 1.39. The number of aliphatic hydroxyl groups is 1. The van der Waals surface area contributed by atoms with E-state index in [4.69, 9.17) is 0 Å². The highest BCUT2D eigenvalue weighted by Crippen LogP contribution is 2.10. The van der Waals surface area contributed by atoms with Gasteiger partial charge in [-0.3, -0.25) is 0 Å². The van der Waals surface area contributed by atoms with Crippen molar-refractivity contribution < 1.29 is 5.11 Å². The van der Waals surface area contributed by atoms with Gasteiger partial charge in [0.05, 0.1) is 0 Å². The first-order valence-corrected chi connectivity index (χ1v) is 4.32. The third-order valence-electron chi connectivity index (χ3n) is 1.62. The molecule has 13 heavy (non-hydrogen) atoms. The summed E-state index contributed by atoms with van der Waals surface area (Å²) in [7, 11) is 1.82. The van der Waals surface area contributed by atoms with Gasteiger partial charge in [-0.2, -0.15) is 0 Å². The molecule has 1 aliphatic carbocycles. The fraction of sp³-hybridized carbons (Fsp3) is 0.500. The average molecular weight is 178 g/mol. The van der Waals surface area contributed by atoms with E-state index >= 15 is 0 Å². The maximum absolute atomic E-state index is 9.40. The molecule has 0 radical (unpaired) electrons. The minimum Gasteiger partial charge on any atom is -0.458 e. The second-order valence-electron chi connectivity index (χ2n) is 3.13. The van der Waals surface area contributed by atoms with E-state index in [9.17, 15) is 5.11 Å². The Morgan fingerprint density at radius 3 is 2.85 bits per heavy atom. The number of allylic oxidation sites excluding steroid dienone is 2. The van der Waals surface area contributed by atoms with Gasteiger partial charge < -0.3 is 15.4 Å². The Bertz CT molecular complexity index is 275. The Kier molecular flexibility index (Phi) is 3.04. The van der Waals surface area contributed by atoms with E-state index in [1.165, 1.54) is 0 Å². The zero-order chi connectivity index (χ0) is 9.84. The molecule has 0 saturated carbocycles. The van der Waals surface area contributed by atoms with Crippen LogP contribution in [0, 0.1) is 12.2 Å². The van der Waals surface area contributed by atoms with Crippen LogP contribution in [0.4, 0.5) is 0 Å². The minimum absolute atomic E-state index is 0.104. The van der Waals surface area contributed by atoms with Gasteiger partial charge in [-0.1, -0.05) is 0 Å². The third kappa shape index (κ3) is 2.56. The van der Waals surface area contributed by atoms with E-state index in [1.807, 2.05) is 20.9 Å². The Morgan fingerprint density at radius 2 is 2.31 bits per heavy atom. The molecule has 0 unspecified atom stereocenters. The van der Waals surface area contributed by atoms with Crippen LogP contribution in [0.1, 0.15) is 20.3 Å². The van der Waals surface area contributed by atoms with E-state index in [0.717, 1.165) is 5.70 Å². The van der Waals surface area contributed by atoms with Crippen LogP contribution in [0.5, 0.6) is 0 Å². The summed E-state index contributed by atoms with van der Waals surface area (Å²) in [6, 6.07) is 0.155. The van der Waals surface area contributed by atoms with Gasteiger partial charge in [0.15, 0.2) is 5.71 Å². The normalized spacial score (nSPS) is 19.5. The zero-order valence-corrected chi connectivity index (χ0v) is 8.18. The van der Waals surface area contributed by atoms with Crippen molar-refractivity contribution in [3.05, 3.63) is 23.6 Å². The van der Waals surface area contributed by atoms with Gasteiger partial charge >= 0.3 is 0 Å². The lowest BCUT2D eigenvalue weighted by molar-refractivity contribution is 0.435. The molecule has 0 spiro atoms. The quantitative estimate of drug-likeness (QED) is 0.628. The summed E-state index contributed by atoms with van der Waals surface area (Å²) >= 11 is 0. The summed E-state index contributed by atoms with van der Waals surface area (Å²) < 4.78 is 0. The van der Waals surface area contributed by atoms with Crippen LogP contribution in [0.3, 0.4) is 0 Å². The summed E-state index contributed by atoms with van der Waals surface area (Å²) in [6.07, 6.45) is 6.38. The first-order chi connectivity index (χ1) is 6.13. The Hall–Kier alpha value is -1.34. The molecule has 3 nitrogen and oxygen atoms in total. The standard InChI is InChI=1S/C10H14N2O/c1-7(2)12-9-6-8(11-3)4-5-10(9)13/h7,11,13H,4H2,1-3H3. The summed E-state index contributed by atoms with van der Waals surface area (Å²) in [5, 5.41) is 12.4. The molecule has 0 fully saturated rings. The zero-order valence-electron chi connectivity index (χ0n) is 8.18. The van der Waals surface area contributed by atoms with E-state index < -0.39 is 0 Å². The lowest BCUT2D eigenvalue weighted by Crippen LogP contribution is -2.15. The molecule has 2 N–H and O–H groups in total. The molecule has 0 aromatic rings. The summed E-state index contributed by atoms with van der Waals surface area (Å²) in [4.78, 5) is 4.21. The number of aliphatic imine (C=N–C) groups is 1. The van der Waals surface area contributed by atoms with Crippen molar-refractivity contribution in [1.29, 1.82) is 0 Å². The van der Waals surface area contributed by atoms with Crippen LogP contribution in [0.15, 0.2) is 16.4 Å². The van der Waals surface area contributed by atoms with Gasteiger partial charge in [0.1, 0.15) is 11.5 Å². The van der Waals surface area contributed by atoms with E-state index in [-0.39, 0.29) is 11.8 Å². The predicted molar refractivity (Wildman–Crippen MR) is 52.4 cm³/mol. The number of nitrogens with one attached hydrogen (secondary N) is 1. The number of hydrogen-bond acceptors (Lipinski definition) is 3. The molecule has 70 valence electrons. The molecule has 0 saturated heterocycles. The molecule has 0 amide bonds. The Morgan fingerprint density at radius 1 is 1.62 bits per heavy atom. The number of aliphatic hydroxyl groups excluding tert-OH is 1. The second kappa shape index (κ2) is 4.06. The van der Waals surface area contributed by atoms with Gasteiger partial charge in [0.25, 0.3) is 0 Å². The van der Waals surface area contributed by atoms with E-state index in [1.54, 1.807) is 0 Å². The van der Waals surface area contributed by atoms with Crippen LogP contribution < -0.4 is 5.32 Å². The highest BCUT2D eigenvalue weighted by atomic mass is 16.3. The first kappa shape index (κ1) is 9.75. The molecule has 0 bridgehead atoms. The van der Waals surface area contributed by atoms with Gasteiger partial charge in [-0.05, 0) is 20.3 Å². The van der Waals surface area contributed by atoms with Crippen LogP contribution >= 0.6 is 0 Å². The number of rotatable bonds is 2. The van der Waals surface area contributed by atoms with Crippen molar-refractivity contribution in [2.75, 3.05) is 7.05 Å². The van der Waals surface area contributed by atoms with E-state index in [2.05, 4.69) is 22.5 Å². The maximum Gasteiger partial charge on any atom is 0.176 e. The fourth-order valence-electron chi connectivity index (χ4n) is 1.00. The number of hydrogen-bond donors (Lipinski definition) is 2. The smallest absolute Gasteiger partial charge is 0.176 e. The molecule has 0 atom stereocenters. The minimum atomic E-state index is 0.104. The van der Waals surface area contributed by atoms with Crippen molar-refractivity contribution in [1.82, 2.24) is 5.32 Å². The van der Waals surface area contributed by atoms with Gasteiger partial charge in [0.2, 0.25) is 0 Å². The molecule has 0 heterocycles. The highest BCUT2D eigenvalue weighted by molar-refractivity contribution is 6.04. The molecule has 1 aliphatic rings. The van der Waals surface area contributed by atoms with Crippen molar-refractivity contribution in [2.45, 2.75) is 26.3 Å². The van der Waals surface area contributed by atoms with Crippen molar-refractivity contribution >= 4 is 5.71 Å².